The van der Waals surface area contributed by atoms with Crippen LogP contribution in [0.25, 0.3) is 0 Å². The summed E-state index contributed by atoms with van der Waals surface area (Å²) in [6.45, 7) is 0. The lowest BCUT2D eigenvalue weighted by Crippen LogP contribution is -2.20. The van der Waals surface area contributed by atoms with E-state index >= 15 is 0 Å². The lowest BCUT2D eigenvalue weighted by Gasteiger charge is -1.97. The zero-order valence-corrected chi connectivity index (χ0v) is 4.42. The summed E-state index contributed by atoms with van der Waals surface area (Å²) in [5.74, 6) is -2.84. The van der Waals surface area contributed by atoms with Crippen molar-refractivity contribution in [2.45, 2.75) is 18.4 Å². The van der Waals surface area contributed by atoms with Crippen LogP contribution in [0.4, 0.5) is 8.78 Å². The third kappa shape index (κ3) is 1.60. The molecule has 0 aromatic carbocycles. The van der Waals surface area contributed by atoms with Gasteiger partial charge >= 0.3 is 7.32 Å². The molecule has 1 rings (SSSR count). The molecule has 1 saturated carbocycles. The zero-order valence-electron chi connectivity index (χ0n) is 4.42. The average molecular weight is 138 g/mol. The van der Waals surface area contributed by atoms with Crippen LogP contribution in [0.2, 0.25) is 0 Å². The molecule has 1 aliphatic rings. The Hall–Kier alpha value is -0.195. The molecule has 9 heavy (non-hydrogen) atoms. The van der Waals surface area contributed by atoms with E-state index in [1.54, 1.807) is 0 Å². The van der Waals surface area contributed by atoms with Crippen molar-refractivity contribution in [3.63, 3.8) is 0 Å². The van der Waals surface area contributed by atoms with Gasteiger partial charge in [0.15, 0.2) is 0 Å². The van der Waals surface area contributed by atoms with Gasteiger partial charge in [-0.3, -0.25) is 0 Å². The molecule has 1 unspecified atom stereocenters. The van der Waals surface area contributed by atoms with Gasteiger partial charge in [0, 0.05) is 6.42 Å². The molecule has 3 nitrogen and oxygen atoms in total. The topological polar surface area (TPSA) is 49.7 Å². The van der Waals surface area contributed by atoms with Crippen molar-refractivity contribution in [1.82, 2.24) is 0 Å². The van der Waals surface area contributed by atoms with Crippen LogP contribution in [0.15, 0.2) is 0 Å². The molecule has 0 heterocycles. The van der Waals surface area contributed by atoms with Gasteiger partial charge in [-0.2, -0.15) is 0 Å². The summed E-state index contributed by atoms with van der Waals surface area (Å²) < 4.78 is 27.6. The number of rotatable bonds is 2. The van der Waals surface area contributed by atoms with Crippen molar-refractivity contribution >= 4 is 7.32 Å². The Morgan fingerprint density at radius 1 is 1.56 bits per heavy atom. The highest BCUT2D eigenvalue weighted by Crippen LogP contribution is 2.44. The van der Waals surface area contributed by atoms with E-state index in [4.69, 9.17) is 10.0 Å². The first-order valence-electron chi connectivity index (χ1n) is 2.42. The third-order valence-corrected chi connectivity index (χ3v) is 1.05. The fourth-order valence-corrected chi connectivity index (χ4v) is 0.483. The lowest BCUT2D eigenvalue weighted by atomic mass is 10.3. The van der Waals surface area contributed by atoms with Gasteiger partial charge < -0.3 is 14.7 Å². The SMILES string of the molecule is OB(O)OC1CC1(F)F. The Balaban J connectivity index is 2.20. The summed E-state index contributed by atoms with van der Waals surface area (Å²) in [5.41, 5.74) is 0. The summed E-state index contributed by atoms with van der Waals surface area (Å²) in [7, 11) is -2.08. The molecule has 0 aliphatic heterocycles. The normalized spacial score (nSPS) is 30.0. The molecule has 0 amide bonds. The molecular weight excluding hydrogens is 133 g/mol. The molecule has 0 spiro atoms. The number of hydrogen-bond acceptors (Lipinski definition) is 3. The Morgan fingerprint density at radius 3 is 2.11 bits per heavy atom. The second-order valence-corrected chi connectivity index (χ2v) is 1.92. The largest absolute Gasteiger partial charge is 0.634 e. The Bertz CT molecular complexity index is 118. The van der Waals surface area contributed by atoms with Gasteiger partial charge in [-0.05, 0) is 0 Å². The maximum absolute atomic E-state index is 11.8. The Morgan fingerprint density at radius 2 is 2.00 bits per heavy atom. The first-order chi connectivity index (χ1) is 4.02. The second kappa shape index (κ2) is 1.90. The molecule has 0 aromatic heterocycles. The van der Waals surface area contributed by atoms with E-state index in [1.807, 2.05) is 0 Å². The van der Waals surface area contributed by atoms with Crippen molar-refractivity contribution in [2.75, 3.05) is 0 Å². The zero-order chi connectivity index (χ0) is 7.07. The van der Waals surface area contributed by atoms with E-state index in [9.17, 15) is 8.78 Å². The quantitative estimate of drug-likeness (QED) is 0.500. The molecule has 52 valence electrons. The van der Waals surface area contributed by atoms with Gasteiger partial charge in [-0.1, -0.05) is 0 Å². The number of halogens is 2. The Kier molecular flexibility index (Phi) is 1.46. The highest BCUT2D eigenvalue weighted by Gasteiger charge is 2.59. The summed E-state index contributed by atoms with van der Waals surface area (Å²) >= 11 is 0. The summed E-state index contributed by atoms with van der Waals surface area (Å²) in [6, 6.07) is 0. The van der Waals surface area contributed by atoms with E-state index in [2.05, 4.69) is 4.65 Å². The minimum absolute atomic E-state index is 0.412. The van der Waals surface area contributed by atoms with E-state index in [0.29, 0.717) is 0 Å². The van der Waals surface area contributed by atoms with Gasteiger partial charge in [0.05, 0.1) is 0 Å². The fraction of sp³-hybridized carbons (Fsp3) is 1.00. The standard InChI is InChI=1S/C3H5BF2O3/c5-3(6)1-2(3)9-4(7)8/h2,7-8H,1H2. The third-order valence-electron chi connectivity index (χ3n) is 1.05. The van der Waals surface area contributed by atoms with Crippen LogP contribution in [0, 0.1) is 0 Å². The minimum Gasteiger partial charge on any atom is -0.402 e. The van der Waals surface area contributed by atoms with E-state index in [1.165, 1.54) is 0 Å². The summed E-state index contributed by atoms with van der Waals surface area (Å²) in [5, 5.41) is 16.0. The van der Waals surface area contributed by atoms with Crippen LogP contribution < -0.4 is 0 Å². The molecular formula is C3H5BF2O3. The van der Waals surface area contributed by atoms with Crippen molar-refractivity contribution in [3.8, 4) is 0 Å². The molecule has 1 atom stereocenters. The first-order valence-corrected chi connectivity index (χ1v) is 2.42. The predicted molar refractivity (Wildman–Crippen MR) is 24.6 cm³/mol. The van der Waals surface area contributed by atoms with Crippen LogP contribution in [-0.4, -0.2) is 29.4 Å². The van der Waals surface area contributed by atoms with Gasteiger partial charge in [0.1, 0.15) is 6.10 Å². The van der Waals surface area contributed by atoms with Crippen LogP contribution in [-0.2, 0) is 4.65 Å². The lowest BCUT2D eigenvalue weighted by molar-refractivity contribution is 0.0465. The highest BCUT2D eigenvalue weighted by molar-refractivity contribution is 6.32. The first kappa shape index (κ1) is 6.92. The van der Waals surface area contributed by atoms with Crippen molar-refractivity contribution in [1.29, 1.82) is 0 Å². The van der Waals surface area contributed by atoms with E-state index in [-0.39, 0.29) is 0 Å². The van der Waals surface area contributed by atoms with Crippen LogP contribution in [0.1, 0.15) is 6.42 Å². The summed E-state index contributed by atoms with van der Waals surface area (Å²) in [4.78, 5) is 0. The maximum Gasteiger partial charge on any atom is 0.634 e. The molecule has 1 fully saturated rings. The molecule has 0 saturated heterocycles. The monoisotopic (exact) mass is 138 g/mol. The molecule has 0 radical (unpaired) electrons. The minimum atomic E-state index is -2.84. The van der Waals surface area contributed by atoms with Gasteiger partial charge in [0.25, 0.3) is 5.92 Å². The fourth-order valence-electron chi connectivity index (χ4n) is 0.483. The van der Waals surface area contributed by atoms with Gasteiger partial charge in [-0.15, -0.1) is 0 Å². The van der Waals surface area contributed by atoms with E-state index in [0.717, 1.165) is 0 Å². The molecule has 2 N–H and O–H groups in total. The second-order valence-electron chi connectivity index (χ2n) is 1.92. The van der Waals surface area contributed by atoms with Gasteiger partial charge in [-0.25, -0.2) is 8.78 Å². The molecule has 6 heteroatoms. The van der Waals surface area contributed by atoms with Crippen LogP contribution in [0.3, 0.4) is 0 Å². The van der Waals surface area contributed by atoms with E-state index < -0.39 is 25.8 Å². The van der Waals surface area contributed by atoms with Crippen LogP contribution in [0.5, 0.6) is 0 Å². The van der Waals surface area contributed by atoms with Crippen molar-refractivity contribution in [2.24, 2.45) is 0 Å². The maximum atomic E-state index is 11.8. The number of hydrogen-bond donors (Lipinski definition) is 2. The Labute approximate surface area is 50.4 Å². The summed E-state index contributed by atoms with van der Waals surface area (Å²) in [6.07, 6.45) is -1.71. The van der Waals surface area contributed by atoms with Crippen LogP contribution >= 0.6 is 0 Å². The van der Waals surface area contributed by atoms with Crippen molar-refractivity contribution < 1.29 is 23.5 Å². The highest BCUT2D eigenvalue weighted by atomic mass is 19.3. The molecule has 1 aliphatic carbocycles. The predicted octanol–water partition coefficient (Wildman–Crippen LogP) is -0.620. The number of alkyl halides is 2. The molecule has 0 aromatic rings. The smallest absolute Gasteiger partial charge is 0.402 e. The van der Waals surface area contributed by atoms with Gasteiger partial charge in [0.2, 0.25) is 0 Å². The average Bonchev–Trinajstić information content (AvgIpc) is 2.10. The van der Waals surface area contributed by atoms with Crippen molar-refractivity contribution in [3.05, 3.63) is 0 Å². The molecule has 0 bridgehead atoms.